The lowest BCUT2D eigenvalue weighted by Crippen LogP contribution is -2.59. The summed E-state index contributed by atoms with van der Waals surface area (Å²) in [4.78, 5) is 23.7. The van der Waals surface area contributed by atoms with Crippen LogP contribution in [0, 0.1) is 24.4 Å². The molecule has 11 heteroatoms. The number of aryl methyl sites for hydroxylation is 1. The molecule has 170 valence electrons. The zero-order valence-corrected chi connectivity index (χ0v) is 18.2. The number of rotatable bonds is 4. The molecule has 0 saturated carbocycles. The molecule has 2 aromatic heterocycles. The number of benzene rings is 1. The molecule has 5 rings (SSSR count). The Morgan fingerprint density at radius 3 is 2.61 bits per heavy atom. The number of amides is 2. The molecule has 33 heavy (non-hydrogen) atoms. The summed E-state index contributed by atoms with van der Waals surface area (Å²) in [6.07, 6.45) is 1.44. The molecule has 2 aliphatic heterocycles. The van der Waals surface area contributed by atoms with Gasteiger partial charge >= 0.3 is 6.03 Å². The van der Waals surface area contributed by atoms with Crippen molar-refractivity contribution in [2.45, 2.75) is 25.5 Å². The number of urea groups is 1. The molecular formula is C22H18F3N5O2S. The van der Waals surface area contributed by atoms with Crippen LogP contribution in [0.3, 0.4) is 0 Å². The van der Waals surface area contributed by atoms with Crippen molar-refractivity contribution in [1.29, 1.82) is 0 Å². The Kier molecular flexibility index (Phi) is 5.49. The summed E-state index contributed by atoms with van der Waals surface area (Å²) in [5.41, 5.74) is 3.38. The maximum absolute atomic E-state index is 14.3. The Morgan fingerprint density at radius 1 is 1.15 bits per heavy atom. The van der Waals surface area contributed by atoms with E-state index < -0.39 is 35.6 Å². The average molecular weight is 473 g/mol. The smallest absolute Gasteiger partial charge is 0.341 e. The van der Waals surface area contributed by atoms with Gasteiger partial charge in [0.25, 0.3) is 5.88 Å². The Hall–Kier alpha value is -3.47. The molecule has 0 N–H and O–H groups in total. The van der Waals surface area contributed by atoms with Gasteiger partial charge in [-0.2, -0.15) is 5.10 Å². The highest BCUT2D eigenvalue weighted by molar-refractivity contribution is 7.13. The largest absolute Gasteiger partial charge is 0.468 e. The van der Waals surface area contributed by atoms with Crippen LogP contribution in [0.25, 0.3) is 10.6 Å². The van der Waals surface area contributed by atoms with E-state index in [2.05, 4.69) is 15.1 Å². The van der Waals surface area contributed by atoms with E-state index >= 15 is 0 Å². The molecule has 1 fully saturated rings. The van der Waals surface area contributed by atoms with Gasteiger partial charge in [-0.1, -0.05) is 0 Å². The summed E-state index contributed by atoms with van der Waals surface area (Å²) >= 11 is 1.40. The first-order valence-corrected chi connectivity index (χ1v) is 11.1. The van der Waals surface area contributed by atoms with Gasteiger partial charge in [0.05, 0.1) is 40.9 Å². The number of likely N-dealkylation sites (tertiary alicyclic amines) is 1. The molecule has 0 radical (unpaired) electrons. The van der Waals surface area contributed by atoms with Crippen molar-refractivity contribution in [2.24, 2.45) is 5.10 Å². The Balaban J connectivity index is 1.24. The van der Waals surface area contributed by atoms with E-state index in [0.29, 0.717) is 17.7 Å². The van der Waals surface area contributed by atoms with Crippen LogP contribution in [0.2, 0.25) is 0 Å². The number of carbonyl (C=O) groups is 1. The van der Waals surface area contributed by atoms with Crippen molar-refractivity contribution in [3.63, 3.8) is 0 Å². The van der Waals surface area contributed by atoms with Crippen molar-refractivity contribution in [3.8, 4) is 16.5 Å². The third-order valence-corrected chi connectivity index (χ3v) is 6.44. The number of hydrazone groups is 1. The lowest BCUT2D eigenvalue weighted by Gasteiger charge is -2.40. The van der Waals surface area contributed by atoms with Crippen LogP contribution in [0.5, 0.6) is 5.88 Å². The van der Waals surface area contributed by atoms with Crippen LogP contribution in [0.15, 0.2) is 40.9 Å². The first kappa shape index (κ1) is 21.4. The lowest BCUT2D eigenvalue weighted by molar-refractivity contribution is 0.0231. The van der Waals surface area contributed by atoms with E-state index in [1.165, 1.54) is 45.7 Å². The molecule has 0 spiro atoms. The second kappa shape index (κ2) is 8.47. The molecule has 2 amide bonds. The van der Waals surface area contributed by atoms with Gasteiger partial charge in [-0.05, 0) is 36.8 Å². The third-order valence-electron chi connectivity index (χ3n) is 5.48. The predicted molar refractivity (Wildman–Crippen MR) is 115 cm³/mol. The first-order chi connectivity index (χ1) is 15.9. The van der Waals surface area contributed by atoms with E-state index in [9.17, 15) is 18.0 Å². The highest BCUT2D eigenvalue weighted by Crippen LogP contribution is 2.32. The van der Waals surface area contributed by atoms with Crippen molar-refractivity contribution in [1.82, 2.24) is 19.9 Å². The summed E-state index contributed by atoms with van der Waals surface area (Å²) in [7, 11) is 0. The van der Waals surface area contributed by atoms with Crippen LogP contribution in [-0.2, 0) is 0 Å². The highest BCUT2D eigenvalue weighted by atomic mass is 32.1. The number of halogens is 3. The lowest BCUT2D eigenvalue weighted by atomic mass is 10.0. The molecule has 0 aliphatic carbocycles. The molecule has 3 aromatic rings. The molecular weight excluding hydrogens is 455 g/mol. The number of pyridine rings is 1. The predicted octanol–water partition coefficient (Wildman–Crippen LogP) is 4.55. The number of hydrogen-bond donors (Lipinski definition) is 0. The van der Waals surface area contributed by atoms with Crippen molar-refractivity contribution >= 4 is 23.6 Å². The zero-order valence-electron chi connectivity index (χ0n) is 17.4. The van der Waals surface area contributed by atoms with Crippen LogP contribution >= 0.6 is 11.3 Å². The molecule has 4 heterocycles. The molecule has 1 saturated heterocycles. The van der Waals surface area contributed by atoms with Gasteiger partial charge in [0, 0.05) is 18.7 Å². The maximum Gasteiger partial charge on any atom is 0.341 e. The van der Waals surface area contributed by atoms with Gasteiger partial charge in [-0.25, -0.2) is 32.9 Å². The van der Waals surface area contributed by atoms with Gasteiger partial charge in [-0.15, -0.1) is 11.3 Å². The summed E-state index contributed by atoms with van der Waals surface area (Å²) in [5, 5.41) is 5.29. The molecule has 1 aromatic carbocycles. The normalized spacial score (nSPS) is 18.0. The fourth-order valence-corrected chi connectivity index (χ4v) is 4.57. The second-order valence-electron chi connectivity index (χ2n) is 7.77. The molecule has 0 bridgehead atoms. The Morgan fingerprint density at radius 2 is 1.91 bits per heavy atom. The van der Waals surface area contributed by atoms with Gasteiger partial charge in [0.2, 0.25) is 0 Å². The van der Waals surface area contributed by atoms with Crippen LogP contribution < -0.4 is 4.74 Å². The SMILES string of the molecule is Cc1ncsc1-c1ccc(F)c(OC2CN(C(=O)N3N=CCC3c3cc(F)cc(F)c3)C2)n1. The monoisotopic (exact) mass is 473 g/mol. The maximum atomic E-state index is 14.3. The van der Waals surface area contributed by atoms with Gasteiger partial charge in [0.1, 0.15) is 17.7 Å². The van der Waals surface area contributed by atoms with E-state index in [1.807, 2.05) is 6.92 Å². The summed E-state index contributed by atoms with van der Waals surface area (Å²) in [6.45, 7) is 2.26. The third kappa shape index (κ3) is 4.15. The van der Waals surface area contributed by atoms with Crippen LogP contribution in [-0.4, -0.2) is 51.3 Å². The Labute approximate surface area is 191 Å². The quantitative estimate of drug-likeness (QED) is 0.558. The van der Waals surface area contributed by atoms with E-state index in [1.54, 1.807) is 11.6 Å². The molecule has 1 atom stereocenters. The number of nitrogens with zero attached hydrogens (tertiary/aromatic N) is 5. The zero-order chi connectivity index (χ0) is 23.1. The van der Waals surface area contributed by atoms with Crippen LogP contribution in [0.1, 0.15) is 23.7 Å². The summed E-state index contributed by atoms with van der Waals surface area (Å²) < 4.78 is 47.2. The fraction of sp³-hybridized carbons (Fsp3) is 0.273. The standard InChI is InChI=1S/C22H18F3N5O2S/c1-12-20(33-11-26-12)18-3-2-17(25)21(28-18)32-16-9-29(10-16)22(31)30-19(4-5-27-30)13-6-14(23)8-15(24)7-13/h2-3,5-8,11,16,19H,4,9-10H2,1H3. The number of ether oxygens (including phenoxy) is 1. The van der Waals surface area contributed by atoms with E-state index in [4.69, 9.17) is 4.74 Å². The molecule has 7 nitrogen and oxygen atoms in total. The minimum absolute atomic E-state index is 0.135. The highest BCUT2D eigenvalue weighted by Gasteiger charge is 2.39. The minimum atomic E-state index is -0.716. The summed E-state index contributed by atoms with van der Waals surface area (Å²) in [6, 6.07) is 5.01. The topological polar surface area (TPSA) is 70.9 Å². The molecule has 2 aliphatic rings. The minimum Gasteiger partial charge on any atom is -0.468 e. The van der Waals surface area contributed by atoms with Crippen molar-refractivity contribution in [3.05, 3.63) is 64.6 Å². The van der Waals surface area contributed by atoms with E-state index in [0.717, 1.165) is 16.6 Å². The van der Waals surface area contributed by atoms with E-state index in [-0.39, 0.29) is 19.0 Å². The second-order valence-corrected chi connectivity index (χ2v) is 8.63. The van der Waals surface area contributed by atoms with Crippen molar-refractivity contribution in [2.75, 3.05) is 13.1 Å². The number of hydrogen-bond acceptors (Lipinski definition) is 6. The fourth-order valence-electron chi connectivity index (χ4n) is 3.79. The van der Waals surface area contributed by atoms with Gasteiger partial charge in [-0.3, -0.25) is 0 Å². The van der Waals surface area contributed by atoms with Crippen LogP contribution in [0.4, 0.5) is 18.0 Å². The van der Waals surface area contributed by atoms with Gasteiger partial charge < -0.3 is 9.64 Å². The average Bonchev–Trinajstić information content (AvgIpc) is 3.39. The van der Waals surface area contributed by atoms with Crippen molar-refractivity contribution < 1.29 is 22.7 Å². The first-order valence-electron chi connectivity index (χ1n) is 10.2. The summed E-state index contributed by atoms with van der Waals surface area (Å²) in [5.74, 6) is -2.16. The van der Waals surface area contributed by atoms with Gasteiger partial charge in [0.15, 0.2) is 5.82 Å². The Bertz CT molecular complexity index is 1220. The number of aromatic nitrogens is 2. The number of carbonyl (C=O) groups excluding carboxylic acids is 1. The number of thiazole rings is 1. The molecule has 1 unspecified atom stereocenters.